The lowest BCUT2D eigenvalue weighted by Gasteiger charge is -2.36. The maximum Gasteiger partial charge on any atom is 0.171 e. The molecule has 1 aliphatic rings. The van der Waals surface area contributed by atoms with E-state index >= 15 is 0 Å². The molecule has 0 aromatic heterocycles. The summed E-state index contributed by atoms with van der Waals surface area (Å²) >= 11 is 6.93. The maximum atomic E-state index is 12.0. The van der Waals surface area contributed by atoms with Gasteiger partial charge in [-0.3, -0.25) is 0 Å². The Kier molecular flexibility index (Phi) is 6.68. The Labute approximate surface area is 119 Å². The number of nitrogens with one attached hydrogen (secondary N) is 1. The fourth-order valence-electron chi connectivity index (χ4n) is 1.66. The molecule has 1 aliphatic heterocycles. The maximum absolute atomic E-state index is 12.0. The summed E-state index contributed by atoms with van der Waals surface area (Å²) in [6.07, 6.45) is 0. The third kappa shape index (κ3) is 4.25. The molecule has 0 saturated carbocycles. The SMILES string of the molecule is CCS(=O)(=O)C1CSCCN1C(=S)NCCOC. The average Bonchev–Trinajstić information content (AvgIpc) is 2.39. The molecular formula is C10H20N2O3S3. The minimum atomic E-state index is -3.10. The van der Waals surface area contributed by atoms with Crippen molar-refractivity contribution in [1.82, 2.24) is 10.2 Å². The smallest absolute Gasteiger partial charge is 0.171 e. The van der Waals surface area contributed by atoms with Gasteiger partial charge >= 0.3 is 0 Å². The van der Waals surface area contributed by atoms with E-state index in [2.05, 4.69) is 5.32 Å². The van der Waals surface area contributed by atoms with Crippen molar-refractivity contribution in [3.63, 3.8) is 0 Å². The monoisotopic (exact) mass is 312 g/mol. The van der Waals surface area contributed by atoms with E-state index in [4.69, 9.17) is 17.0 Å². The van der Waals surface area contributed by atoms with Gasteiger partial charge in [0.2, 0.25) is 0 Å². The largest absolute Gasteiger partial charge is 0.383 e. The molecule has 0 aromatic carbocycles. The molecule has 0 amide bonds. The van der Waals surface area contributed by atoms with Crippen molar-refractivity contribution in [3.8, 4) is 0 Å². The lowest BCUT2D eigenvalue weighted by molar-refractivity contribution is 0.203. The number of rotatable bonds is 5. The number of thioether (sulfide) groups is 1. The van der Waals surface area contributed by atoms with Gasteiger partial charge in [-0.25, -0.2) is 8.42 Å². The van der Waals surface area contributed by atoms with Crippen molar-refractivity contribution in [2.24, 2.45) is 0 Å². The highest BCUT2D eigenvalue weighted by molar-refractivity contribution is 8.01. The molecule has 0 radical (unpaired) electrons. The van der Waals surface area contributed by atoms with E-state index in [9.17, 15) is 8.42 Å². The molecule has 5 nitrogen and oxygen atoms in total. The highest BCUT2D eigenvalue weighted by atomic mass is 32.2. The first-order valence-electron chi connectivity index (χ1n) is 5.85. The minimum Gasteiger partial charge on any atom is -0.383 e. The zero-order chi connectivity index (χ0) is 13.6. The predicted molar refractivity (Wildman–Crippen MR) is 79.8 cm³/mol. The molecule has 0 aromatic rings. The number of methoxy groups -OCH3 is 1. The van der Waals surface area contributed by atoms with Crippen LogP contribution in [0.15, 0.2) is 0 Å². The van der Waals surface area contributed by atoms with Crippen LogP contribution in [0, 0.1) is 0 Å². The number of hydrogen-bond acceptors (Lipinski definition) is 5. The molecule has 1 fully saturated rings. The van der Waals surface area contributed by atoms with Gasteiger partial charge in [0, 0.05) is 37.5 Å². The Morgan fingerprint density at radius 1 is 1.61 bits per heavy atom. The molecule has 1 N–H and O–H groups in total. The van der Waals surface area contributed by atoms with E-state index in [0.717, 1.165) is 5.75 Å². The molecule has 1 atom stereocenters. The van der Waals surface area contributed by atoms with E-state index in [1.54, 1.807) is 30.7 Å². The fraction of sp³-hybridized carbons (Fsp3) is 0.900. The summed E-state index contributed by atoms with van der Waals surface area (Å²) in [5, 5.41) is 3.05. The molecule has 1 unspecified atom stereocenters. The Morgan fingerprint density at radius 3 is 2.94 bits per heavy atom. The first-order valence-corrected chi connectivity index (χ1v) is 9.13. The third-order valence-electron chi connectivity index (χ3n) is 2.74. The summed E-state index contributed by atoms with van der Waals surface area (Å²) < 4.78 is 29.0. The normalized spacial score (nSPS) is 20.8. The standard InChI is InChI=1S/C10H20N2O3S3/c1-3-18(13,14)9-8-17-7-5-12(9)10(16)11-4-6-15-2/h9H,3-8H2,1-2H3,(H,11,16). The van der Waals surface area contributed by atoms with Crippen LogP contribution in [0.4, 0.5) is 0 Å². The average molecular weight is 312 g/mol. The molecular weight excluding hydrogens is 292 g/mol. The van der Waals surface area contributed by atoms with Gasteiger partial charge in [-0.05, 0) is 12.2 Å². The summed E-state index contributed by atoms with van der Waals surface area (Å²) in [5.74, 6) is 1.64. The van der Waals surface area contributed by atoms with Crippen LogP contribution in [0.2, 0.25) is 0 Å². The molecule has 106 valence electrons. The van der Waals surface area contributed by atoms with Gasteiger partial charge in [-0.2, -0.15) is 11.8 Å². The summed E-state index contributed by atoms with van der Waals surface area (Å²) in [5.41, 5.74) is 0. The van der Waals surface area contributed by atoms with Crippen LogP contribution in [0.5, 0.6) is 0 Å². The number of thiocarbonyl (C=S) groups is 1. The zero-order valence-electron chi connectivity index (χ0n) is 10.7. The van der Waals surface area contributed by atoms with Crippen molar-refractivity contribution in [1.29, 1.82) is 0 Å². The van der Waals surface area contributed by atoms with Gasteiger partial charge in [-0.1, -0.05) is 6.92 Å². The van der Waals surface area contributed by atoms with Crippen molar-refractivity contribution >= 4 is 38.9 Å². The molecule has 0 spiro atoms. The van der Waals surface area contributed by atoms with Crippen molar-refractivity contribution in [2.45, 2.75) is 12.3 Å². The molecule has 1 rings (SSSR count). The Morgan fingerprint density at radius 2 is 2.33 bits per heavy atom. The second-order valence-electron chi connectivity index (χ2n) is 3.90. The molecule has 0 bridgehead atoms. The van der Waals surface area contributed by atoms with E-state index in [0.29, 0.717) is 30.6 Å². The number of hydrogen-bond donors (Lipinski definition) is 1. The van der Waals surface area contributed by atoms with Gasteiger partial charge in [0.1, 0.15) is 5.37 Å². The Bertz CT molecular complexity index is 373. The summed E-state index contributed by atoms with van der Waals surface area (Å²) in [6, 6.07) is 0. The van der Waals surface area contributed by atoms with Gasteiger partial charge in [0.05, 0.1) is 6.61 Å². The molecule has 0 aliphatic carbocycles. The highest BCUT2D eigenvalue weighted by Gasteiger charge is 2.34. The third-order valence-corrected chi connectivity index (χ3v) is 6.41. The molecule has 1 heterocycles. The van der Waals surface area contributed by atoms with Crippen molar-refractivity contribution in [2.75, 3.05) is 44.1 Å². The van der Waals surface area contributed by atoms with Gasteiger partial charge in [0.15, 0.2) is 14.9 Å². The van der Waals surface area contributed by atoms with Crippen molar-refractivity contribution in [3.05, 3.63) is 0 Å². The van der Waals surface area contributed by atoms with Gasteiger partial charge < -0.3 is 15.0 Å². The van der Waals surface area contributed by atoms with Crippen LogP contribution < -0.4 is 5.32 Å². The van der Waals surface area contributed by atoms with E-state index in [1.807, 2.05) is 0 Å². The molecule has 18 heavy (non-hydrogen) atoms. The van der Waals surface area contributed by atoms with E-state index < -0.39 is 15.2 Å². The van der Waals surface area contributed by atoms with Crippen molar-refractivity contribution < 1.29 is 13.2 Å². The zero-order valence-corrected chi connectivity index (χ0v) is 13.2. The quantitative estimate of drug-likeness (QED) is 0.579. The molecule has 1 saturated heterocycles. The Hall–Kier alpha value is -0.0500. The number of sulfone groups is 1. The van der Waals surface area contributed by atoms with Crippen LogP contribution in [0.25, 0.3) is 0 Å². The Balaban J connectivity index is 2.67. The van der Waals surface area contributed by atoms with Gasteiger partial charge in [-0.15, -0.1) is 0 Å². The van der Waals surface area contributed by atoms with Crippen LogP contribution in [0.1, 0.15) is 6.92 Å². The van der Waals surface area contributed by atoms with Crippen LogP contribution in [-0.2, 0) is 14.6 Å². The summed E-state index contributed by atoms with van der Waals surface area (Å²) in [7, 11) is -1.48. The molecule has 8 heteroatoms. The topological polar surface area (TPSA) is 58.6 Å². The predicted octanol–water partition coefficient (Wildman–Crippen LogP) is 0.317. The highest BCUT2D eigenvalue weighted by Crippen LogP contribution is 2.21. The van der Waals surface area contributed by atoms with Crippen LogP contribution >= 0.6 is 24.0 Å². The van der Waals surface area contributed by atoms with Crippen LogP contribution in [0.3, 0.4) is 0 Å². The van der Waals surface area contributed by atoms with Crippen LogP contribution in [-0.4, -0.2) is 67.9 Å². The fourth-order valence-corrected chi connectivity index (χ4v) is 5.03. The van der Waals surface area contributed by atoms with E-state index in [-0.39, 0.29) is 5.75 Å². The lowest BCUT2D eigenvalue weighted by Crippen LogP contribution is -2.54. The van der Waals surface area contributed by atoms with Gasteiger partial charge in [0.25, 0.3) is 0 Å². The first kappa shape index (κ1) is 16.0. The second kappa shape index (κ2) is 7.52. The lowest BCUT2D eigenvalue weighted by atomic mass is 10.5. The first-order chi connectivity index (χ1) is 8.53. The second-order valence-corrected chi connectivity index (χ2v) is 7.88. The summed E-state index contributed by atoms with van der Waals surface area (Å²) in [4.78, 5) is 1.79. The summed E-state index contributed by atoms with van der Waals surface area (Å²) in [6.45, 7) is 3.49. The van der Waals surface area contributed by atoms with E-state index in [1.165, 1.54) is 0 Å². The number of ether oxygens (including phenoxy) is 1. The minimum absolute atomic E-state index is 0.148. The number of nitrogens with zero attached hydrogens (tertiary/aromatic N) is 1.